The number of rotatable bonds is 9. The number of furan rings is 1. The van der Waals surface area contributed by atoms with Crippen molar-refractivity contribution in [3.8, 4) is 0 Å². The number of aryl methyl sites for hydroxylation is 2. The number of aliphatic imine (C=N–C) groups is 1. The number of hydrogen-bond donors (Lipinski definition) is 3. The molecule has 2 aromatic heterocycles. The number of guanidine groups is 1. The molecule has 0 bridgehead atoms. The summed E-state index contributed by atoms with van der Waals surface area (Å²) in [5.41, 5.74) is -1.13. The Hall–Kier alpha value is -1.62. The van der Waals surface area contributed by atoms with Crippen LogP contribution in [0.5, 0.6) is 0 Å². The Kier molecular flexibility index (Phi) is 9.63. The number of unbranched alkanes of at least 4 members (excludes halogenated alkanes) is 1. The van der Waals surface area contributed by atoms with Gasteiger partial charge in [-0.2, -0.15) is 0 Å². The highest BCUT2D eigenvalue weighted by Gasteiger charge is 2.26. The lowest BCUT2D eigenvalue weighted by atomic mass is 10.0. The van der Waals surface area contributed by atoms with Gasteiger partial charge in [0.25, 0.3) is 0 Å². The normalized spacial score (nSPS) is 13.8. The second-order valence-corrected chi connectivity index (χ2v) is 6.21. The second kappa shape index (κ2) is 11.2. The van der Waals surface area contributed by atoms with Crippen molar-refractivity contribution in [2.75, 3.05) is 19.6 Å². The highest BCUT2D eigenvalue weighted by molar-refractivity contribution is 14.0. The molecule has 2 heterocycles. The molecule has 146 valence electrons. The fourth-order valence-corrected chi connectivity index (χ4v) is 2.34. The quantitative estimate of drug-likeness (QED) is 0.222. The lowest BCUT2D eigenvalue weighted by Crippen LogP contribution is -2.39. The molecule has 2 aromatic rings. The zero-order valence-electron chi connectivity index (χ0n) is 15.6. The third-order valence-corrected chi connectivity index (χ3v) is 3.76. The maximum Gasteiger partial charge on any atom is 0.191 e. The molecular formula is C17H29IN6O2. The summed E-state index contributed by atoms with van der Waals surface area (Å²) in [4.78, 5) is 4.48. The minimum atomic E-state index is -1.13. The van der Waals surface area contributed by atoms with E-state index >= 15 is 0 Å². The maximum absolute atomic E-state index is 10.6. The first kappa shape index (κ1) is 22.4. The van der Waals surface area contributed by atoms with Crippen molar-refractivity contribution in [1.29, 1.82) is 0 Å². The van der Waals surface area contributed by atoms with Gasteiger partial charge < -0.3 is 24.7 Å². The highest BCUT2D eigenvalue weighted by atomic mass is 127. The van der Waals surface area contributed by atoms with Crippen LogP contribution in [0.1, 0.15) is 38.2 Å². The van der Waals surface area contributed by atoms with Crippen LogP contribution >= 0.6 is 24.0 Å². The predicted molar refractivity (Wildman–Crippen MR) is 112 cm³/mol. The number of aliphatic hydroxyl groups is 1. The van der Waals surface area contributed by atoms with Crippen LogP contribution in [0.4, 0.5) is 0 Å². The molecule has 0 saturated heterocycles. The van der Waals surface area contributed by atoms with Gasteiger partial charge in [-0.05, 0) is 45.7 Å². The SMILES string of the molecule is CCNC(=NCC(C)(O)c1ccc(C)o1)NCCCCn1cnnc1.I. The monoisotopic (exact) mass is 476 g/mol. The van der Waals surface area contributed by atoms with E-state index in [4.69, 9.17) is 4.42 Å². The van der Waals surface area contributed by atoms with Gasteiger partial charge in [-0.25, -0.2) is 4.99 Å². The summed E-state index contributed by atoms with van der Waals surface area (Å²) in [5.74, 6) is 1.99. The van der Waals surface area contributed by atoms with Crippen molar-refractivity contribution < 1.29 is 9.52 Å². The Labute approximate surface area is 171 Å². The number of nitrogens with one attached hydrogen (secondary N) is 2. The third kappa shape index (κ3) is 7.32. The van der Waals surface area contributed by atoms with E-state index in [1.807, 2.05) is 24.5 Å². The van der Waals surface area contributed by atoms with Crippen molar-refractivity contribution in [2.24, 2.45) is 4.99 Å². The van der Waals surface area contributed by atoms with Gasteiger partial charge in [-0.1, -0.05) is 0 Å². The predicted octanol–water partition coefficient (Wildman–Crippen LogP) is 2.04. The van der Waals surface area contributed by atoms with Gasteiger partial charge in [-0.3, -0.25) is 0 Å². The van der Waals surface area contributed by atoms with Crippen LogP contribution in [0, 0.1) is 6.92 Å². The Bertz CT molecular complexity index is 654. The van der Waals surface area contributed by atoms with E-state index in [1.165, 1.54) is 0 Å². The van der Waals surface area contributed by atoms with Gasteiger partial charge in [0.15, 0.2) is 5.96 Å². The summed E-state index contributed by atoms with van der Waals surface area (Å²) in [6.45, 7) is 8.25. The summed E-state index contributed by atoms with van der Waals surface area (Å²) in [5, 5.41) is 24.6. The van der Waals surface area contributed by atoms with Crippen molar-refractivity contribution in [2.45, 2.75) is 45.8 Å². The van der Waals surface area contributed by atoms with Gasteiger partial charge in [0.2, 0.25) is 0 Å². The first-order chi connectivity index (χ1) is 12.0. The van der Waals surface area contributed by atoms with Gasteiger partial charge in [0.1, 0.15) is 29.8 Å². The molecule has 2 rings (SSSR count). The van der Waals surface area contributed by atoms with Gasteiger partial charge in [-0.15, -0.1) is 34.2 Å². The Morgan fingerprint density at radius 1 is 1.27 bits per heavy atom. The Balaban J connectivity index is 0.00000338. The molecule has 9 heteroatoms. The fourth-order valence-electron chi connectivity index (χ4n) is 2.34. The zero-order chi connectivity index (χ0) is 18.1. The van der Waals surface area contributed by atoms with E-state index in [0.717, 1.165) is 38.2 Å². The van der Waals surface area contributed by atoms with E-state index in [1.54, 1.807) is 25.6 Å². The van der Waals surface area contributed by atoms with Gasteiger partial charge in [0.05, 0.1) is 6.54 Å². The molecule has 0 saturated carbocycles. The second-order valence-electron chi connectivity index (χ2n) is 6.21. The lowest BCUT2D eigenvalue weighted by Gasteiger charge is -2.19. The van der Waals surface area contributed by atoms with Crippen molar-refractivity contribution >= 4 is 29.9 Å². The van der Waals surface area contributed by atoms with Crippen molar-refractivity contribution in [3.05, 3.63) is 36.3 Å². The molecule has 8 nitrogen and oxygen atoms in total. The van der Waals surface area contributed by atoms with E-state index in [-0.39, 0.29) is 30.5 Å². The van der Waals surface area contributed by atoms with E-state index in [2.05, 4.69) is 25.8 Å². The standard InChI is InChI=1S/C17H28N6O2.HI/c1-4-18-16(19-9-5-6-10-23-12-21-22-13-23)20-11-17(3,24)15-8-7-14(2)25-15;/h7-8,12-13,24H,4-6,9-11H2,1-3H3,(H2,18,19,20);1H. The minimum absolute atomic E-state index is 0. The molecule has 0 aliphatic rings. The van der Waals surface area contributed by atoms with Crippen LogP contribution in [0.15, 0.2) is 34.2 Å². The van der Waals surface area contributed by atoms with E-state index in [9.17, 15) is 5.11 Å². The number of aromatic nitrogens is 3. The first-order valence-electron chi connectivity index (χ1n) is 8.65. The van der Waals surface area contributed by atoms with Crippen LogP contribution < -0.4 is 10.6 Å². The third-order valence-electron chi connectivity index (χ3n) is 3.76. The van der Waals surface area contributed by atoms with E-state index < -0.39 is 5.60 Å². The zero-order valence-corrected chi connectivity index (χ0v) is 17.9. The molecule has 0 aromatic carbocycles. The number of halogens is 1. The molecule has 3 N–H and O–H groups in total. The molecule has 1 atom stereocenters. The average Bonchev–Trinajstić information content (AvgIpc) is 3.24. The minimum Gasteiger partial charge on any atom is -0.463 e. The van der Waals surface area contributed by atoms with Crippen molar-refractivity contribution in [3.63, 3.8) is 0 Å². The molecule has 0 aliphatic carbocycles. The topological polar surface area (TPSA) is 100 Å². The summed E-state index contributed by atoms with van der Waals surface area (Å²) in [6, 6.07) is 3.63. The van der Waals surface area contributed by atoms with Crippen LogP contribution in [-0.4, -0.2) is 45.5 Å². The summed E-state index contributed by atoms with van der Waals surface area (Å²) >= 11 is 0. The molecular weight excluding hydrogens is 447 g/mol. The molecule has 0 amide bonds. The Morgan fingerprint density at radius 2 is 2.00 bits per heavy atom. The van der Waals surface area contributed by atoms with Crippen LogP contribution in [0.3, 0.4) is 0 Å². The number of hydrogen-bond acceptors (Lipinski definition) is 5. The molecule has 0 radical (unpaired) electrons. The van der Waals surface area contributed by atoms with Crippen LogP contribution in [0.2, 0.25) is 0 Å². The first-order valence-corrected chi connectivity index (χ1v) is 8.65. The van der Waals surface area contributed by atoms with Crippen LogP contribution in [0.25, 0.3) is 0 Å². The Morgan fingerprint density at radius 3 is 2.62 bits per heavy atom. The van der Waals surface area contributed by atoms with Gasteiger partial charge >= 0.3 is 0 Å². The summed E-state index contributed by atoms with van der Waals surface area (Å²) in [6.07, 6.45) is 5.46. The molecule has 26 heavy (non-hydrogen) atoms. The fraction of sp³-hybridized carbons (Fsp3) is 0.588. The smallest absolute Gasteiger partial charge is 0.191 e. The maximum atomic E-state index is 10.6. The van der Waals surface area contributed by atoms with Gasteiger partial charge in [0, 0.05) is 19.6 Å². The summed E-state index contributed by atoms with van der Waals surface area (Å²) in [7, 11) is 0. The number of nitrogens with zero attached hydrogens (tertiary/aromatic N) is 4. The largest absolute Gasteiger partial charge is 0.463 e. The lowest BCUT2D eigenvalue weighted by molar-refractivity contribution is 0.0428. The molecule has 0 aliphatic heterocycles. The molecule has 0 spiro atoms. The highest BCUT2D eigenvalue weighted by Crippen LogP contribution is 2.22. The average molecular weight is 476 g/mol. The van der Waals surface area contributed by atoms with Crippen LogP contribution in [-0.2, 0) is 12.1 Å². The van der Waals surface area contributed by atoms with Crippen molar-refractivity contribution in [1.82, 2.24) is 25.4 Å². The molecule has 1 unspecified atom stereocenters. The van der Waals surface area contributed by atoms with E-state index in [0.29, 0.717) is 11.7 Å². The summed E-state index contributed by atoms with van der Waals surface area (Å²) < 4.78 is 7.48. The molecule has 0 fully saturated rings.